The van der Waals surface area contributed by atoms with Gasteiger partial charge in [0, 0.05) is 19.3 Å². The first-order valence-electron chi connectivity index (χ1n) is 7.17. The summed E-state index contributed by atoms with van der Waals surface area (Å²) >= 11 is 1.28. The standard InChI is InChI=1S/C15H17N5OS/c1-2-11-5-7-20(8-6-11)13-4-3-12(9-16-13)14(21)18-15-19-17-10-22-15/h2-4,9-11H,1,5-8H2,(H,18,19,21). The first kappa shape index (κ1) is 14.6. The van der Waals surface area contributed by atoms with Gasteiger partial charge < -0.3 is 4.90 Å². The molecule has 1 fully saturated rings. The van der Waals surface area contributed by atoms with Crippen LogP contribution in [-0.4, -0.2) is 34.2 Å². The largest absolute Gasteiger partial charge is 0.357 e. The van der Waals surface area contributed by atoms with E-state index in [1.165, 1.54) is 11.3 Å². The summed E-state index contributed by atoms with van der Waals surface area (Å²) in [5.41, 5.74) is 2.09. The lowest BCUT2D eigenvalue weighted by Crippen LogP contribution is -2.33. The van der Waals surface area contributed by atoms with E-state index in [-0.39, 0.29) is 5.91 Å². The van der Waals surface area contributed by atoms with Gasteiger partial charge in [-0.2, -0.15) is 0 Å². The zero-order valence-electron chi connectivity index (χ0n) is 12.1. The molecule has 3 rings (SSSR count). The number of nitrogens with zero attached hydrogens (tertiary/aromatic N) is 4. The van der Waals surface area contributed by atoms with E-state index in [2.05, 4.69) is 32.0 Å². The maximum absolute atomic E-state index is 12.0. The van der Waals surface area contributed by atoms with Crippen LogP contribution in [0.25, 0.3) is 0 Å². The van der Waals surface area contributed by atoms with Gasteiger partial charge in [-0.05, 0) is 30.9 Å². The second kappa shape index (κ2) is 6.65. The maximum atomic E-state index is 12.0. The zero-order valence-corrected chi connectivity index (χ0v) is 12.9. The predicted molar refractivity (Wildman–Crippen MR) is 87.2 cm³/mol. The van der Waals surface area contributed by atoms with Crippen LogP contribution in [0, 0.1) is 5.92 Å². The summed E-state index contributed by atoms with van der Waals surface area (Å²) in [6.07, 6.45) is 5.84. The van der Waals surface area contributed by atoms with Crippen molar-refractivity contribution >= 4 is 28.2 Å². The van der Waals surface area contributed by atoms with Crippen LogP contribution in [0.2, 0.25) is 0 Å². The van der Waals surface area contributed by atoms with E-state index in [0.29, 0.717) is 16.6 Å². The minimum absolute atomic E-state index is 0.221. The Kier molecular flexibility index (Phi) is 4.43. The monoisotopic (exact) mass is 315 g/mol. The number of allylic oxidation sites excluding steroid dienone is 1. The molecule has 6 nitrogen and oxygen atoms in total. The Morgan fingerprint density at radius 3 is 2.82 bits per heavy atom. The second-order valence-corrected chi connectivity index (χ2v) is 6.00. The highest BCUT2D eigenvalue weighted by molar-refractivity contribution is 7.13. The molecule has 0 aromatic carbocycles. The number of amides is 1. The Labute approximate surface area is 132 Å². The minimum Gasteiger partial charge on any atom is -0.357 e. The summed E-state index contributed by atoms with van der Waals surface area (Å²) in [5, 5.41) is 10.6. The van der Waals surface area contributed by atoms with E-state index in [1.54, 1.807) is 17.8 Å². The van der Waals surface area contributed by atoms with Gasteiger partial charge in [0.1, 0.15) is 11.3 Å². The molecule has 2 aromatic heterocycles. The van der Waals surface area contributed by atoms with Crippen molar-refractivity contribution in [1.82, 2.24) is 15.2 Å². The number of aromatic nitrogens is 3. The van der Waals surface area contributed by atoms with Crippen molar-refractivity contribution in [3.63, 3.8) is 0 Å². The van der Waals surface area contributed by atoms with Crippen molar-refractivity contribution in [2.75, 3.05) is 23.3 Å². The Balaban J connectivity index is 1.63. The second-order valence-electron chi connectivity index (χ2n) is 5.16. The zero-order chi connectivity index (χ0) is 15.4. The Morgan fingerprint density at radius 2 is 2.23 bits per heavy atom. The molecule has 0 atom stereocenters. The molecule has 1 N–H and O–H groups in total. The van der Waals surface area contributed by atoms with Gasteiger partial charge >= 0.3 is 0 Å². The van der Waals surface area contributed by atoms with Crippen LogP contribution in [-0.2, 0) is 0 Å². The SMILES string of the molecule is C=CC1CCN(c2ccc(C(=O)Nc3nncs3)cn2)CC1. The van der Waals surface area contributed by atoms with E-state index in [4.69, 9.17) is 0 Å². The third-order valence-electron chi connectivity index (χ3n) is 3.79. The lowest BCUT2D eigenvalue weighted by Gasteiger charge is -2.31. The summed E-state index contributed by atoms with van der Waals surface area (Å²) in [4.78, 5) is 18.7. The van der Waals surface area contributed by atoms with Crippen molar-refractivity contribution in [3.05, 3.63) is 42.1 Å². The van der Waals surface area contributed by atoms with Crippen molar-refractivity contribution in [3.8, 4) is 0 Å². The molecule has 114 valence electrons. The molecule has 7 heteroatoms. The quantitative estimate of drug-likeness (QED) is 0.878. The van der Waals surface area contributed by atoms with Crippen molar-refractivity contribution in [1.29, 1.82) is 0 Å². The molecular formula is C15H17N5OS. The average molecular weight is 315 g/mol. The van der Waals surface area contributed by atoms with Crippen LogP contribution in [0.1, 0.15) is 23.2 Å². The van der Waals surface area contributed by atoms with Crippen LogP contribution in [0.15, 0.2) is 36.5 Å². The number of rotatable bonds is 4. The maximum Gasteiger partial charge on any atom is 0.259 e. The van der Waals surface area contributed by atoms with E-state index >= 15 is 0 Å². The highest BCUT2D eigenvalue weighted by Gasteiger charge is 2.18. The lowest BCUT2D eigenvalue weighted by molar-refractivity contribution is 0.102. The van der Waals surface area contributed by atoms with Crippen molar-refractivity contribution in [2.45, 2.75) is 12.8 Å². The van der Waals surface area contributed by atoms with Crippen LogP contribution in [0.4, 0.5) is 10.9 Å². The number of anilines is 2. The van der Waals surface area contributed by atoms with E-state index < -0.39 is 0 Å². The fourth-order valence-corrected chi connectivity index (χ4v) is 2.91. The average Bonchev–Trinajstić information content (AvgIpc) is 3.08. The topological polar surface area (TPSA) is 71.0 Å². The Hall–Kier alpha value is -2.28. The highest BCUT2D eigenvalue weighted by atomic mass is 32.1. The predicted octanol–water partition coefficient (Wildman–Crippen LogP) is 2.59. The minimum atomic E-state index is -0.221. The number of nitrogens with one attached hydrogen (secondary N) is 1. The van der Waals surface area contributed by atoms with Crippen molar-refractivity contribution < 1.29 is 4.79 Å². The molecule has 0 saturated carbocycles. The fourth-order valence-electron chi connectivity index (χ4n) is 2.47. The van der Waals surface area contributed by atoms with Gasteiger partial charge in [-0.15, -0.1) is 16.8 Å². The molecular weight excluding hydrogens is 298 g/mol. The fraction of sp³-hybridized carbons (Fsp3) is 0.333. The molecule has 22 heavy (non-hydrogen) atoms. The van der Waals surface area contributed by atoms with Gasteiger partial charge in [-0.3, -0.25) is 10.1 Å². The van der Waals surface area contributed by atoms with Crippen LogP contribution < -0.4 is 10.2 Å². The molecule has 3 heterocycles. The number of hydrogen-bond acceptors (Lipinski definition) is 6. The molecule has 0 aliphatic carbocycles. The number of pyridine rings is 1. The molecule has 1 saturated heterocycles. The van der Waals surface area contributed by atoms with E-state index in [9.17, 15) is 4.79 Å². The van der Waals surface area contributed by atoms with Crippen LogP contribution >= 0.6 is 11.3 Å². The Morgan fingerprint density at radius 1 is 1.41 bits per heavy atom. The first-order valence-corrected chi connectivity index (χ1v) is 8.05. The third-order valence-corrected chi connectivity index (χ3v) is 4.39. The molecule has 1 amide bonds. The first-order chi connectivity index (χ1) is 10.8. The summed E-state index contributed by atoms with van der Waals surface area (Å²) < 4.78 is 0. The summed E-state index contributed by atoms with van der Waals surface area (Å²) in [7, 11) is 0. The van der Waals surface area contributed by atoms with Crippen LogP contribution in [0.5, 0.6) is 0 Å². The Bertz CT molecular complexity index is 632. The van der Waals surface area contributed by atoms with Crippen LogP contribution in [0.3, 0.4) is 0 Å². The number of hydrogen-bond donors (Lipinski definition) is 1. The van der Waals surface area contributed by atoms with E-state index in [0.717, 1.165) is 31.7 Å². The third kappa shape index (κ3) is 3.30. The number of carbonyl (C=O) groups is 1. The van der Waals surface area contributed by atoms with Crippen molar-refractivity contribution in [2.24, 2.45) is 5.92 Å². The van der Waals surface area contributed by atoms with Gasteiger partial charge in [0.05, 0.1) is 5.56 Å². The van der Waals surface area contributed by atoms with Gasteiger partial charge in [-0.25, -0.2) is 4.98 Å². The molecule has 0 bridgehead atoms. The summed E-state index contributed by atoms with van der Waals surface area (Å²) in [5.74, 6) is 1.30. The van der Waals surface area contributed by atoms with E-state index in [1.807, 2.05) is 12.1 Å². The molecule has 1 aliphatic rings. The molecule has 2 aromatic rings. The smallest absolute Gasteiger partial charge is 0.259 e. The normalized spacial score (nSPS) is 15.5. The summed E-state index contributed by atoms with van der Waals surface area (Å²) in [6, 6.07) is 3.68. The number of carbonyl (C=O) groups excluding carboxylic acids is 1. The number of piperidine rings is 1. The molecule has 0 spiro atoms. The van der Waals surface area contributed by atoms with Gasteiger partial charge in [0.2, 0.25) is 5.13 Å². The lowest BCUT2D eigenvalue weighted by atomic mass is 9.97. The van der Waals surface area contributed by atoms with Gasteiger partial charge in [0.25, 0.3) is 5.91 Å². The van der Waals surface area contributed by atoms with Gasteiger partial charge in [0.15, 0.2) is 0 Å². The molecule has 0 radical (unpaired) electrons. The molecule has 0 unspecified atom stereocenters. The highest BCUT2D eigenvalue weighted by Crippen LogP contribution is 2.22. The molecule has 1 aliphatic heterocycles. The van der Waals surface area contributed by atoms with Gasteiger partial charge in [-0.1, -0.05) is 17.4 Å². The summed E-state index contributed by atoms with van der Waals surface area (Å²) in [6.45, 7) is 5.80.